The third-order valence-electron chi connectivity index (χ3n) is 3.41. The number of carbonyl (C=O) groups is 2. The molecule has 2 aromatic rings. The molecule has 0 heterocycles. The minimum absolute atomic E-state index is 0.0288. The number of aryl methyl sites for hydroxylation is 1. The zero-order valence-electron chi connectivity index (χ0n) is 13.5. The first-order valence-electron chi connectivity index (χ1n) is 7.66. The van der Waals surface area contributed by atoms with Gasteiger partial charge in [-0.3, -0.25) is 9.59 Å². The Morgan fingerprint density at radius 1 is 1.04 bits per heavy atom. The smallest absolute Gasteiger partial charge is 0.224 e. The molecule has 0 fully saturated rings. The number of amides is 2. The van der Waals surface area contributed by atoms with Crippen LogP contribution in [0.15, 0.2) is 36.4 Å². The summed E-state index contributed by atoms with van der Waals surface area (Å²) in [4.78, 5) is 23.0. The summed E-state index contributed by atoms with van der Waals surface area (Å²) >= 11 is 11.8. The summed E-state index contributed by atoms with van der Waals surface area (Å²) in [7, 11) is 0. The second kappa shape index (κ2) is 8.83. The Bertz CT molecular complexity index is 797. The van der Waals surface area contributed by atoms with Crippen molar-refractivity contribution in [2.75, 3.05) is 10.6 Å². The van der Waals surface area contributed by atoms with Gasteiger partial charge in [-0.25, -0.2) is 4.39 Å². The van der Waals surface area contributed by atoms with Crippen LogP contribution in [0, 0.1) is 5.82 Å². The number of halogens is 3. The van der Waals surface area contributed by atoms with E-state index in [4.69, 9.17) is 23.2 Å². The molecule has 2 amide bonds. The zero-order chi connectivity index (χ0) is 18.4. The van der Waals surface area contributed by atoms with Crippen LogP contribution < -0.4 is 10.6 Å². The van der Waals surface area contributed by atoms with Crippen molar-refractivity contribution in [3.05, 3.63) is 57.8 Å². The first-order valence-corrected chi connectivity index (χ1v) is 8.41. The molecule has 0 aliphatic heterocycles. The quantitative estimate of drug-likeness (QED) is 0.733. The maximum Gasteiger partial charge on any atom is 0.224 e. The Morgan fingerprint density at radius 2 is 1.80 bits per heavy atom. The normalized spacial score (nSPS) is 10.4. The lowest BCUT2D eigenvalue weighted by Crippen LogP contribution is -2.13. The Labute approximate surface area is 155 Å². The summed E-state index contributed by atoms with van der Waals surface area (Å²) in [5.74, 6) is -1.14. The van der Waals surface area contributed by atoms with Gasteiger partial charge in [0, 0.05) is 19.0 Å². The van der Waals surface area contributed by atoms with Gasteiger partial charge in [0.2, 0.25) is 11.8 Å². The van der Waals surface area contributed by atoms with Gasteiger partial charge >= 0.3 is 0 Å². The van der Waals surface area contributed by atoms with E-state index in [2.05, 4.69) is 10.6 Å². The van der Waals surface area contributed by atoms with Crippen molar-refractivity contribution in [3.63, 3.8) is 0 Å². The summed E-state index contributed by atoms with van der Waals surface area (Å²) in [5, 5.41) is 6.04. The molecule has 0 saturated carbocycles. The summed E-state index contributed by atoms with van der Waals surface area (Å²) in [6.07, 6.45) is 1.61. The predicted molar refractivity (Wildman–Crippen MR) is 98.7 cm³/mol. The zero-order valence-corrected chi connectivity index (χ0v) is 15.0. The SMILES string of the molecule is CC(=O)Nc1cc(NC(=O)CCCc2ccc(Cl)c(Cl)c2)ccc1F. The average molecular weight is 383 g/mol. The van der Waals surface area contributed by atoms with Crippen molar-refractivity contribution in [3.8, 4) is 0 Å². The number of benzene rings is 2. The highest BCUT2D eigenvalue weighted by Gasteiger charge is 2.08. The van der Waals surface area contributed by atoms with Crippen molar-refractivity contribution in [2.24, 2.45) is 0 Å². The van der Waals surface area contributed by atoms with Crippen molar-refractivity contribution in [1.82, 2.24) is 0 Å². The van der Waals surface area contributed by atoms with E-state index >= 15 is 0 Å². The molecule has 0 atom stereocenters. The van der Waals surface area contributed by atoms with Crippen LogP contribution in [0.4, 0.5) is 15.8 Å². The minimum Gasteiger partial charge on any atom is -0.326 e. The van der Waals surface area contributed by atoms with E-state index in [-0.39, 0.29) is 17.5 Å². The number of carbonyl (C=O) groups excluding carboxylic acids is 2. The van der Waals surface area contributed by atoms with Crippen LogP contribution >= 0.6 is 23.2 Å². The van der Waals surface area contributed by atoms with Crippen LogP contribution in [0.1, 0.15) is 25.3 Å². The molecule has 25 heavy (non-hydrogen) atoms. The molecule has 2 rings (SSSR count). The summed E-state index contributed by atoms with van der Waals surface area (Å²) in [6, 6.07) is 9.39. The molecule has 0 aliphatic rings. The van der Waals surface area contributed by atoms with Gasteiger partial charge in [0.15, 0.2) is 0 Å². The Morgan fingerprint density at radius 3 is 2.48 bits per heavy atom. The molecule has 0 saturated heterocycles. The van der Waals surface area contributed by atoms with E-state index in [0.717, 1.165) is 5.56 Å². The molecule has 2 N–H and O–H groups in total. The van der Waals surface area contributed by atoms with Crippen LogP contribution in [-0.4, -0.2) is 11.8 Å². The molecule has 0 radical (unpaired) electrons. The van der Waals surface area contributed by atoms with Gasteiger partial charge in [-0.2, -0.15) is 0 Å². The molecule has 0 aromatic heterocycles. The number of hydrogen-bond acceptors (Lipinski definition) is 2. The van der Waals surface area contributed by atoms with Gasteiger partial charge in [0.05, 0.1) is 15.7 Å². The van der Waals surface area contributed by atoms with Gasteiger partial charge in [0.1, 0.15) is 5.82 Å². The van der Waals surface area contributed by atoms with E-state index in [0.29, 0.717) is 35.0 Å². The maximum atomic E-state index is 13.6. The van der Waals surface area contributed by atoms with Gasteiger partial charge in [-0.05, 0) is 48.7 Å². The lowest BCUT2D eigenvalue weighted by Gasteiger charge is -2.09. The highest BCUT2D eigenvalue weighted by molar-refractivity contribution is 6.42. The van der Waals surface area contributed by atoms with Crippen molar-refractivity contribution in [2.45, 2.75) is 26.2 Å². The monoisotopic (exact) mass is 382 g/mol. The van der Waals surface area contributed by atoms with Crippen molar-refractivity contribution in [1.29, 1.82) is 0 Å². The van der Waals surface area contributed by atoms with E-state index in [9.17, 15) is 14.0 Å². The molecular weight excluding hydrogens is 366 g/mol. The molecule has 0 aliphatic carbocycles. The minimum atomic E-state index is -0.562. The summed E-state index contributed by atoms with van der Waals surface area (Å²) in [5.41, 5.74) is 1.45. The number of rotatable bonds is 6. The number of hydrogen-bond donors (Lipinski definition) is 2. The standard InChI is InChI=1S/C18H17Cl2FN2O2/c1-11(24)22-17-10-13(6-8-16(17)21)23-18(25)4-2-3-12-5-7-14(19)15(20)9-12/h5-10H,2-4H2,1H3,(H,22,24)(H,23,25). The average Bonchev–Trinajstić information content (AvgIpc) is 2.53. The second-order valence-corrected chi connectivity index (χ2v) is 6.34. The third kappa shape index (κ3) is 6.03. The fourth-order valence-electron chi connectivity index (χ4n) is 2.26. The van der Waals surface area contributed by atoms with Crippen LogP contribution in [0.25, 0.3) is 0 Å². The highest BCUT2D eigenvalue weighted by atomic mass is 35.5. The lowest BCUT2D eigenvalue weighted by atomic mass is 10.1. The Hall–Kier alpha value is -2.11. The van der Waals surface area contributed by atoms with E-state index < -0.39 is 5.82 Å². The largest absolute Gasteiger partial charge is 0.326 e. The fraction of sp³-hybridized carbons (Fsp3) is 0.222. The molecule has 2 aromatic carbocycles. The summed E-state index contributed by atoms with van der Waals surface area (Å²) < 4.78 is 13.6. The Kier molecular flexibility index (Phi) is 6.79. The molecule has 4 nitrogen and oxygen atoms in total. The van der Waals surface area contributed by atoms with Crippen LogP contribution in [0.2, 0.25) is 10.0 Å². The van der Waals surface area contributed by atoms with Crippen molar-refractivity contribution < 1.29 is 14.0 Å². The van der Waals surface area contributed by atoms with E-state index in [1.807, 2.05) is 6.07 Å². The molecule has 132 valence electrons. The van der Waals surface area contributed by atoms with Gasteiger partial charge in [0.25, 0.3) is 0 Å². The molecule has 0 unspecified atom stereocenters. The van der Waals surface area contributed by atoms with E-state index in [1.54, 1.807) is 12.1 Å². The Balaban J connectivity index is 1.87. The maximum absolute atomic E-state index is 13.6. The van der Waals surface area contributed by atoms with Crippen LogP contribution in [0.3, 0.4) is 0 Å². The van der Waals surface area contributed by atoms with E-state index in [1.165, 1.54) is 25.1 Å². The van der Waals surface area contributed by atoms with Crippen LogP contribution in [-0.2, 0) is 16.0 Å². The molecule has 7 heteroatoms. The number of anilines is 2. The van der Waals surface area contributed by atoms with Gasteiger partial charge < -0.3 is 10.6 Å². The number of nitrogens with one attached hydrogen (secondary N) is 2. The first kappa shape index (κ1) is 19.2. The third-order valence-corrected chi connectivity index (χ3v) is 4.15. The van der Waals surface area contributed by atoms with Crippen molar-refractivity contribution >= 4 is 46.4 Å². The topological polar surface area (TPSA) is 58.2 Å². The molecular formula is C18H17Cl2FN2O2. The highest BCUT2D eigenvalue weighted by Crippen LogP contribution is 2.23. The molecule has 0 spiro atoms. The van der Waals surface area contributed by atoms with Gasteiger partial charge in [-0.15, -0.1) is 0 Å². The predicted octanol–water partition coefficient (Wildman–Crippen LogP) is 5.05. The van der Waals surface area contributed by atoms with Gasteiger partial charge in [-0.1, -0.05) is 29.3 Å². The fourth-order valence-corrected chi connectivity index (χ4v) is 2.58. The lowest BCUT2D eigenvalue weighted by molar-refractivity contribution is -0.116. The second-order valence-electron chi connectivity index (χ2n) is 5.53. The summed E-state index contributed by atoms with van der Waals surface area (Å²) in [6.45, 7) is 1.29. The van der Waals surface area contributed by atoms with Crippen LogP contribution in [0.5, 0.6) is 0 Å². The molecule has 0 bridgehead atoms. The first-order chi connectivity index (χ1) is 11.8.